The molecule has 1 rings (SSSR count). The molecule has 0 N–H and O–H groups in total. The molecule has 2 nitrogen and oxygen atoms in total. The lowest BCUT2D eigenvalue weighted by atomic mass is 10.3. The molecule has 0 bridgehead atoms. The van der Waals surface area contributed by atoms with Crippen molar-refractivity contribution >= 4 is 22.9 Å². The molecular formula is C10H13ClF3NOS. The molecule has 17 heavy (non-hydrogen) atoms. The lowest BCUT2D eigenvalue weighted by molar-refractivity contribution is -0.214. The normalized spacial score (nSPS) is 13.9. The summed E-state index contributed by atoms with van der Waals surface area (Å²) in [5.41, 5.74) is 0.802. The van der Waals surface area contributed by atoms with Crippen LogP contribution in [0.15, 0.2) is 5.38 Å². The van der Waals surface area contributed by atoms with Crippen LogP contribution in [0.4, 0.5) is 13.2 Å². The summed E-state index contributed by atoms with van der Waals surface area (Å²) >= 11 is 7.05. The minimum absolute atomic E-state index is 0.0798. The highest BCUT2D eigenvalue weighted by atomic mass is 35.5. The molecule has 0 fully saturated rings. The molecule has 1 heterocycles. The fraction of sp³-hybridized carbons (Fsp3) is 0.700. The van der Waals surface area contributed by atoms with E-state index in [0.29, 0.717) is 18.7 Å². The van der Waals surface area contributed by atoms with Crippen LogP contribution in [0.25, 0.3) is 0 Å². The molecule has 0 aromatic carbocycles. The summed E-state index contributed by atoms with van der Waals surface area (Å²) in [5, 5.41) is 2.73. The van der Waals surface area contributed by atoms with Crippen LogP contribution in [0, 0.1) is 0 Å². The second-order valence-electron chi connectivity index (χ2n) is 3.52. The second-order valence-corrected chi connectivity index (χ2v) is 4.73. The van der Waals surface area contributed by atoms with Crippen LogP contribution in [-0.4, -0.2) is 23.9 Å². The van der Waals surface area contributed by atoms with Crippen LogP contribution in [-0.2, 0) is 17.0 Å². The van der Waals surface area contributed by atoms with Gasteiger partial charge in [0.1, 0.15) is 0 Å². The molecule has 1 aromatic rings. The molecule has 98 valence electrons. The molecule has 0 aliphatic rings. The monoisotopic (exact) mass is 287 g/mol. The van der Waals surface area contributed by atoms with Crippen LogP contribution in [0.2, 0.25) is 0 Å². The van der Waals surface area contributed by atoms with E-state index in [1.54, 1.807) is 0 Å². The van der Waals surface area contributed by atoms with E-state index in [1.165, 1.54) is 11.3 Å². The van der Waals surface area contributed by atoms with Gasteiger partial charge in [-0.15, -0.1) is 22.9 Å². The number of thiazole rings is 1. The standard InChI is InChI=1S/C10H13ClF3NOS/c1-7(10(12,13)14)16-4-2-3-9-15-8(5-11)6-17-9/h6-7H,2-5H2,1H3. The Hall–Kier alpha value is -0.330. The predicted octanol–water partition coefficient (Wildman–Crippen LogP) is 3.78. The van der Waals surface area contributed by atoms with Crippen LogP contribution >= 0.6 is 22.9 Å². The summed E-state index contributed by atoms with van der Waals surface area (Å²) < 4.78 is 41.0. The molecule has 1 aromatic heterocycles. The average molecular weight is 288 g/mol. The topological polar surface area (TPSA) is 22.1 Å². The average Bonchev–Trinajstić information content (AvgIpc) is 2.70. The van der Waals surface area contributed by atoms with E-state index >= 15 is 0 Å². The van der Waals surface area contributed by atoms with E-state index in [2.05, 4.69) is 9.72 Å². The minimum atomic E-state index is -4.28. The Morgan fingerprint density at radius 1 is 1.53 bits per heavy atom. The van der Waals surface area contributed by atoms with Crippen molar-refractivity contribution in [3.63, 3.8) is 0 Å². The van der Waals surface area contributed by atoms with Crippen molar-refractivity contribution in [1.29, 1.82) is 0 Å². The molecule has 1 atom stereocenters. The van der Waals surface area contributed by atoms with Crippen LogP contribution in [0.1, 0.15) is 24.0 Å². The first-order valence-corrected chi connectivity index (χ1v) is 6.52. The van der Waals surface area contributed by atoms with Gasteiger partial charge >= 0.3 is 6.18 Å². The maximum Gasteiger partial charge on any atom is 0.414 e. The Labute approximate surface area is 107 Å². The Morgan fingerprint density at radius 2 is 2.24 bits per heavy atom. The van der Waals surface area contributed by atoms with Gasteiger partial charge < -0.3 is 4.74 Å². The molecule has 0 saturated carbocycles. The highest BCUT2D eigenvalue weighted by Crippen LogP contribution is 2.22. The van der Waals surface area contributed by atoms with Gasteiger partial charge in [0.15, 0.2) is 6.10 Å². The van der Waals surface area contributed by atoms with E-state index in [4.69, 9.17) is 11.6 Å². The molecule has 0 saturated heterocycles. The summed E-state index contributed by atoms with van der Waals surface area (Å²) in [6.45, 7) is 1.09. The van der Waals surface area contributed by atoms with Gasteiger partial charge in [-0.2, -0.15) is 13.2 Å². The van der Waals surface area contributed by atoms with E-state index in [0.717, 1.165) is 17.6 Å². The summed E-state index contributed by atoms with van der Waals surface area (Å²) in [6.07, 6.45) is -4.86. The number of aryl methyl sites for hydroxylation is 1. The van der Waals surface area contributed by atoms with E-state index in [9.17, 15) is 13.2 Å². The first kappa shape index (κ1) is 14.7. The SMILES string of the molecule is CC(OCCCc1nc(CCl)cs1)C(F)(F)F. The number of aromatic nitrogens is 1. The third kappa shape index (κ3) is 5.23. The number of ether oxygens (including phenoxy) is 1. The van der Waals surface area contributed by atoms with Gasteiger partial charge in [0.05, 0.1) is 16.6 Å². The quantitative estimate of drug-likeness (QED) is 0.587. The lowest BCUT2D eigenvalue weighted by Crippen LogP contribution is -2.28. The van der Waals surface area contributed by atoms with Crippen LogP contribution in [0.3, 0.4) is 0 Å². The molecule has 0 spiro atoms. The number of alkyl halides is 4. The van der Waals surface area contributed by atoms with Crippen molar-refractivity contribution in [2.45, 2.75) is 37.9 Å². The summed E-state index contributed by atoms with van der Waals surface area (Å²) in [5.74, 6) is 0.359. The van der Waals surface area contributed by atoms with Gasteiger partial charge in [-0.25, -0.2) is 4.98 Å². The highest BCUT2D eigenvalue weighted by molar-refractivity contribution is 7.09. The van der Waals surface area contributed by atoms with Crippen molar-refractivity contribution in [3.8, 4) is 0 Å². The van der Waals surface area contributed by atoms with Gasteiger partial charge in [0, 0.05) is 18.4 Å². The number of halogens is 4. The largest absolute Gasteiger partial charge is 0.414 e. The second kappa shape index (κ2) is 6.56. The third-order valence-electron chi connectivity index (χ3n) is 2.10. The first-order valence-electron chi connectivity index (χ1n) is 5.11. The molecule has 0 amide bonds. The van der Waals surface area contributed by atoms with Crippen molar-refractivity contribution < 1.29 is 17.9 Å². The van der Waals surface area contributed by atoms with Gasteiger partial charge in [0.25, 0.3) is 0 Å². The molecular weight excluding hydrogens is 275 g/mol. The molecule has 0 aliphatic heterocycles. The fourth-order valence-electron chi connectivity index (χ4n) is 1.10. The summed E-state index contributed by atoms with van der Waals surface area (Å²) in [7, 11) is 0. The van der Waals surface area contributed by atoms with E-state index < -0.39 is 12.3 Å². The lowest BCUT2D eigenvalue weighted by Gasteiger charge is -2.15. The Balaban J connectivity index is 2.20. The maximum atomic E-state index is 12.1. The van der Waals surface area contributed by atoms with E-state index in [-0.39, 0.29) is 6.61 Å². The molecule has 7 heteroatoms. The maximum absolute atomic E-state index is 12.1. The third-order valence-corrected chi connectivity index (χ3v) is 3.33. The molecule has 1 unspecified atom stereocenters. The smallest absolute Gasteiger partial charge is 0.369 e. The Bertz CT molecular complexity index is 343. The number of rotatable bonds is 6. The van der Waals surface area contributed by atoms with Crippen molar-refractivity contribution in [3.05, 3.63) is 16.1 Å². The summed E-state index contributed by atoms with van der Waals surface area (Å²) in [4.78, 5) is 4.20. The van der Waals surface area contributed by atoms with Crippen LogP contribution in [0.5, 0.6) is 0 Å². The fourth-order valence-corrected chi connectivity index (χ4v) is 2.17. The van der Waals surface area contributed by atoms with Gasteiger partial charge in [0.2, 0.25) is 0 Å². The Morgan fingerprint density at radius 3 is 2.76 bits per heavy atom. The minimum Gasteiger partial charge on any atom is -0.369 e. The number of hydrogen-bond donors (Lipinski definition) is 0. The Kier molecular flexibility index (Phi) is 5.69. The zero-order valence-corrected chi connectivity index (χ0v) is 10.8. The van der Waals surface area contributed by atoms with Gasteiger partial charge in [-0.3, -0.25) is 0 Å². The number of hydrogen-bond acceptors (Lipinski definition) is 3. The van der Waals surface area contributed by atoms with Crippen molar-refractivity contribution in [1.82, 2.24) is 4.98 Å². The van der Waals surface area contributed by atoms with Crippen molar-refractivity contribution in [2.75, 3.05) is 6.61 Å². The summed E-state index contributed by atoms with van der Waals surface area (Å²) in [6, 6.07) is 0. The zero-order chi connectivity index (χ0) is 12.9. The molecule has 0 aliphatic carbocycles. The number of nitrogens with zero attached hydrogens (tertiary/aromatic N) is 1. The zero-order valence-electron chi connectivity index (χ0n) is 9.26. The predicted molar refractivity (Wildman–Crippen MR) is 61.5 cm³/mol. The van der Waals surface area contributed by atoms with Gasteiger partial charge in [-0.1, -0.05) is 0 Å². The van der Waals surface area contributed by atoms with Crippen molar-refractivity contribution in [2.24, 2.45) is 0 Å². The van der Waals surface area contributed by atoms with Gasteiger partial charge in [-0.05, 0) is 13.3 Å². The van der Waals surface area contributed by atoms with E-state index in [1.807, 2.05) is 5.38 Å². The highest BCUT2D eigenvalue weighted by Gasteiger charge is 2.36. The van der Waals surface area contributed by atoms with Crippen LogP contribution < -0.4 is 0 Å². The first-order chi connectivity index (χ1) is 7.93. The molecule has 0 radical (unpaired) electrons.